The Morgan fingerprint density at radius 3 is 2.59 bits per heavy atom. The monoisotopic (exact) mass is 227 g/mol. The van der Waals surface area contributed by atoms with Crippen molar-refractivity contribution in [3.63, 3.8) is 0 Å². The minimum Gasteiger partial charge on any atom is -0.508 e. The molecule has 0 atom stereocenters. The van der Waals surface area contributed by atoms with Crippen LogP contribution in [0.1, 0.15) is 0 Å². The average molecular weight is 227 g/mol. The minimum absolute atomic E-state index is 0.0652. The van der Waals surface area contributed by atoms with E-state index in [2.05, 4.69) is 0 Å². The topological polar surface area (TPSA) is 76.5 Å². The van der Waals surface area contributed by atoms with Gasteiger partial charge in [-0.15, -0.1) is 0 Å². The fraction of sp³-hybridized carbons (Fsp3) is 0. The fourth-order valence-electron chi connectivity index (χ4n) is 1.94. The van der Waals surface area contributed by atoms with E-state index in [-0.39, 0.29) is 5.75 Å². The Labute approximate surface area is 95.9 Å². The number of hydrogen-bond donors (Lipinski definition) is 2. The van der Waals surface area contributed by atoms with E-state index in [4.69, 9.17) is 10.2 Å². The molecular formula is C13H9NO3. The smallest absolute Gasteiger partial charge is 0.344 e. The van der Waals surface area contributed by atoms with Crippen LogP contribution in [0, 0.1) is 0 Å². The summed E-state index contributed by atoms with van der Waals surface area (Å²) in [6.45, 7) is 0. The van der Waals surface area contributed by atoms with Crippen molar-refractivity contribution in [3.05, 3.63) is 46.8 Å². The van der Waals surface area contributed by atoms with Gasteiger partial charge in [-0.1, -0.05) is 6.07 Å². The Kier molecular flexibility index (Phi) is 1.86. The van der Waals surface area contributed by atoms with Gasteiger partial charge in [-0.05, 0) is 24.3 Å². The molecule has 0 fully saturated rings. The quantitative estimate of drug-likeness (QED) is 0.351. The Hall–Kier alpha value is -2.49. The molecule has 3 rings (SSSR count). The number of hydrogen-bond acceptors (Lipinski definition) is 4. The Balaban J connectivity index is 2.60. The predicted octanol–water partition coefficient (Wildman–Crippen LogP) is 2.23. The maximum atomic E-state index is 11.8. The van der Waals surface area contributed by atoms with E-state index >= 15 is 0 Å². The molecule has 0 aliphatic carbocycles. The lowest BCUT2D eigenvalue weighted by Crippen LogP contribution is -2.00. The molecule has 3 aromatic rings. The molecule has 0 saturated heterocycles. The second kappa shape index (κ2) is 3.25. The lowest BCUT2D eigenvalue weighted by Gasteiger charge is -2.03. The van der Waals surface area contributed by atoms with Crippen molar-refractivity contribution in [2.24, 2.45) is 0 Å². The predicted molar refractivity (Wildman–Crippen MR) is 66.1 cm³/mol. The summed E-state index contributed by atoms with van der Waals surface area (Å²) in [5.74, 6) is 0.0652. The van der Waals surface area contributed by atoms with Crippen LogP contribution in [0.5, 0.6) is 5.75 Å². The van der Waals surface area contributed by atoms with Crippen molar-refractivity contribution in [1.29, 1.82) is 0 Å². The van der Waals surface area contributed by atoms with Crippen molar-refractivity contribution in [1.82, 2.24) is 0 Å². The lowest BCUT2D eigenvalue weighted by atomic mass is 10.1. The number of aromatic hydroxyl groups is 1. The largest absolute Gasteiger partial charge is 0.508 e. The van der Waals surface area contributed by atoms with E-state index in [1.807, 2.05) is 0 Å². The van der Waals surface area contributed by atoms with E-state index in [1.54, 1.807) is 30.3 Å². The molecule has 17 heavy (non-hydrogen) atoms. The molecule has 4 nitrogen and oxygen atoms in total. The number of nitrogens with two attached hydrogens (primary N) is 1. The first kappa shape index (κ1) is 9.72. The summed E-state index contributed by atoms with van der Waals surface area (Å²) in [6, 6.07) is 9.79. The summed E-state index contributed by atoms with van der Waals surface area (Å²) in [4.78, 5) is 11.8. The molecule has 0 spiro atoms. The molecule has 0 bridgehead atoms. The second-order valence-corrected chi connectivity index (χ2v) is 3.88. The number of benzene rings is 2. The van der Waals surface area contributed by atoms with Crippen molar-refractivity contribution in [2.75, 3.05) is 5.73 Å². The SMILES string of the molecule is Nc1ccc2c(c1)c(=O)oc1cc(O)ccc12. The van der Waals surface area contributed by atoms with Crippen LogP contribution in [-0.2, 0) is 0 Å². The molecule has 1 heterocycles. The Morgan fingerprint density at radius 2 is 1.76 bits per heavy atom. The highest BCUT2D eigenvalue weighted by Crippen LogP contribution is 2.26. The van der Waals surface area contributed by atoms with E-state index in [9.17, 15) is 9.90 Å². The van der Waals surface area contributed by atoms with Crippen molar-refractivity contribution < 1.29 is 9.52 Å². The summed E-state index contributed by atoms with van der Waals surface area (Å²) in [6.07, 6.45) is 0. The van der Waals surface area contributed by atoms with Crippen LogP contribution in [-0.4, -0.2) is 5.11 Å². The maximum Gasteiger partial charge on any atom is 0.344 e. The van der Waals surface area contributed by atoms with Crippen LogP contribution in [0.15, 0.2) is 45.6 Å². The van der Waals surface area contributed by atoms with Crippen LogP contribution in [0.4, 0.5) is 5.69 Å². The van der Waals surface area contributed by atoms with Gasteiger partial charge in [-0.3, -0.25) is 0 Å². The van der Waals surface area contributed by atoms with E-state index in [0.29, 0.717) is 16.7 Å². The van der Waals surface area contributed by atoms with Crippen LogP contribution in [0.2, 0.25) is 0 Å². The molecule has 0 saturated carbocycles. The van der Waals surface area contributed by atoms with Gasteiger partial charge in [0, 0.05) is 22.5 Å². The van der Waals surface area contributed by atoms with Crippen LogP contribution in [0.25, 0.3) is 21.7 Å². The molecule has 0 amide bonds. The first-order chi connectivity index (χ1) is 8.15. The Morgan fingerprint density at radius 1 is 1.00 bits per heavy atom. The van der Waals surface area contributed by atoms with Crippen LogP contribution in [0.3, 0.4) is 0 Å². The summed E-state index contributed by atoms with van der Waals surface area (Å²) in [5, 5.41) is 11.3. The highest BCUT2D eigenvalue weighted by molar-refractivity contribution is 6.05. The first-order valence-corrected chi connectivity index (χ1v) is 5.10. The zero-order valence-corrected chi connectivity index (χ0v) is 8.81. The summed E-state index contributed by atoms with van der Waals surface area (Å²) < 4.78 is 5.14. The van der Waals surface area contributed by atoms with Crippen LogP contribution >= 0.6 is 0 Å². The molecule has 0 aliphatic heterocycles. The highest BCUT2D eigenvalue weighted by atomic mass is 16.4. The van der Waals surface area contributed by atoms with E-state index in [0.717, 1.165) is 10.8 Å². The maximum absolute atomic E-state index is 11.8. The number of nitrogen functional groups attached to an aromatic ring is 1. The summed E-state index contributed by atoms with van der Waals surface area (Å²) >= 11 is 0. The molecule has 0 unspecified atom stereocenters. The summed E-state index contributed by atoms with van der Waals surface area (Å²) in [7, 11) is 0. The van der Waals surface area contributed by atoms with Crippen LogP contribution < -0.4 is 11.4 Å². The minimum atomic E-state index is -0.453. The number of fused-ring (bicyclic) bond motifs is 3. The van der Waals surface area contributed by atoms with Gasteiger partial charge in [-0.25, -0.2) is 4.79 Å². The lowest BCUT2D eigenvalue weighted by molar-refractivity contribution is 0.473. The number of phenolic OH excluding ortho intramolecular Hbond substituents is 1. The zero-order chi connectivity index (χ0) is 12.0. The fourth-order valence-corrected chi connectivity index (χ4v) is 1.94. The standard InChI is InChI=1S/C13H9NO3/c14-7-1-3-9-10-4-2-8(15)6-12(10)17-13(16)11(9)5-7/h1-6,15H,14H2. The molecule has 0 radical (unpaired) electrons. The molecule has 4 heteroatoms. The molecule has 0 aliphatic rings. The third-order valence-electron chi connectivity index (χ3n) is 2.72. The Bertz CT molecular complexity index is 790. The van der Waals surface area contributed by atoms with Crippen molar-refractivity contribution >= 4 is 27.4 Å². The number of anilines is 1. The van der Waals surface area contributed by atoms with Gasteiger partial charge in [0.25, 0.3) is 0 Å². The van der Waals surface area contributed by atoms with Gasteiger partial charge in [-0.2, -0.15) is 0 Å². The average Bonchev–Trinajstić information content (AvgIpc) is 2.29. The number of phenols is 1. The molecule has 1 aromatic heterocycles. The molecule has 3 N–H and O–H groups in total. The summed E-state index contributed by atoms with van der Waals surface area (Å²) in [5.41, 5.74) is 6.07. The van der Waals surface area contributed by atoms with Gasteiger partial charge in [0.2, 0.25) is 0 Å². The second-order valence-electron chi connectivity index (χ2n) is 3.88. The zero-order valence-electron chi connectivity index (χ0n) is 8.81. The first-order valence-electron chi connectivity index (χ1n) is 5.10. The molecule has 84 valence electrons. The highest BCUT2D eigenvalue weighted by Gasteiger charge is 2.07. The van der Waals surface area contributed by atoms with Gasteiger partial charge in [0.15, 0.2) is 0 Å². The normalized spacial score (nSPS) is 11.1. The van der Waals surface area contributed by atoms with Gasteiger partial charge in [0.1, 0.15) is 11.3 Å². The van der Waals surface area contributed by atoms with E-state index < -0.39 is 5.63 Å². The molecule has 2 aromatic carbocycles. The number of rotatable bonds is 0. The van der Waals surface area contributed by atoms with E-state index in [1.165, 1.54) is 6.07 Å². The third kappa shape index (κ3) is 1.42. The van der Waals surface area contributed by atoms with Gasteiger partial charge in [0.05, 0.1) is 5.39 Å². The van der Waals surface area contributed by atoms with Crippen molar-refractivity contribution in [2.45, 2.75) is 0 Å². The van der Waals surface area contributed by atoms with Gasteiger partial charge >= 0.3 is 5.63 Å². The van der Waals surface area contributed by atoms with Crippen molar-refractivity contribution in [3.8, 4) is 5.75 Å². The van der Waals surface area contributed by atoms with Gasteiger partial charge < -0.3 is 15.3 Å². The third-order valence-corrected chi connectivity index (χ3v) is 2.72. The molecular weight excluding hydrogens is 218 g/mol.